The first-order valence-corrected chi connectivity index (χ1v) is 11.7. The highest BCUT2D eigenvalue weighted by molar-refractivity contribution is 5.94. The van der Waals surface area contributed by atoms with Gasteiger partial charge in [-0.15, -0.1) is 0 Å². The summed E-state index contributed by atoms with van der Waals surface area (Å²) in [5.41, 5.74) is 13.3. The van der Waals surface area contributed by atoms with Gasteiger partial charge in [-0.25, -0.2) is 9.37 Å². The van der Waals surface area contributed by atoms with E-state index in [9.17, 15) is 9.18 Å². The van der Waals surface area contributed by atoms with Gasteiger partial charge in [-0.05, 0) is 89.7 Å². The van der Waals surface area contributed by atoms with E-state index in [1.807, 2.05) is 56.3 Å². The maximum absolute atomic E-state index is 13.5. The average Bonchev–Trinajstić information content (AvgIpc) is 3.40. The lowest BCUT2D eigenvalue weighted by Gasteiger charge is -2.18. The Bertz CT molecular complexity index is 1510. The van der Waals surface area contributed by atoms with Gasteiger partial charge in [0.05, 0.1) is 0 Å². The topological polar surface area (TPSA) is 86.5 Å². The molecule has 2 aliphatic rings. The Morgan fingerprint density at radius 2 is 1.69 bits per heavy atom. The summed E-state index contributed by atoms with van der Waals surface area (Å²) in [4.78, 5) is 17.3. The standard InChI is InChI=1S/C29H24FN3O3/c1-15-10-26(31)33-16(2)25(15)14-32-29(34)17-6-8-21-23(11-17)27-22-9-7-20(13-24(22)28(21)36-27)35-19-5-3-4-18(30)12-19/h3-13,27-28H,14H2,1-2H3,(H2,31,33)(H,32,34). The molecule has 1 aromatic heterocycles. The molecule has 6 nitrogen and oxygen atoms in total. The van der Waals surface area contributed by atoms with Crippen molar-refractivity contribution in [3.05, 3.63) is 117 Å². The third kappa shape index (κ3) is 3.78. The Kier molecular flexibility index (Phi) is 5.23. The molecule has 36 heavy (non-hydrogen) atoms. The average molecular weight is 482 g/mol. The number of nitrogens with one attached hydrogen (secondary N) is 1. The van der Waals surface area contributed by atoms with Crippen LogP contribution in [0.25, 0.3) is 0 Å². The van der Waals surface area contributed by atoms with Crippen LogP contribution in [-0.2, 0) is 11.3 Å². The van der Waals surface area contributed by atoms with E-state index in [2.05, 4.69) is 10.3 Å². The molecule has 1 amide bonds. The number of fused-ring (bicyclic) bond motifs is 8. The molecule has 0 fully saturated rings. The van der Waals surface area contributed by atoms with Crippen molar-refractivity contribution >= 4 is 11.7 Å². The number of ether oxygens (including phenoxy) is 2. The van der Waals surface area contributed by atoms with Gasteiger partial charge in [0.15, 0.2) is 0 Å². The number of hydrogen-bond acceptors (Lipinski definition) is 5. The Morgan fingerprint density at radius 1 is 0.972 bits per heavy atom. The molecule has 2 atom stereocenters. The van der Waals surface area contributed by atoms with Gasteiger partial charge in [0.2, 0.25) is 0 Å². The molecule has 180 valence electrons. The van der Waals surface area contributed by atoms with Gasteiger partial charge in [-0.3, -0.25) is 4.79 Å². The molecule has 0 saturated carbocycles. The number of aromatic nitrogens is 1. The molecule has 3 aromatic carbocycles. The predicted molar refractivity (Wildman–Crippen MR) is 133 cm³/mol. The third-order valence-corrected chi connectivity index (χ3v) is 6.84. The van der Waals surface area contributed by atoms with Gasteiger partial charge in [-0.2, -0.15) is 0 Å². The number of anilines is 1. The zero-order valence-corrected chi connectivity index (χ0v) is 19.8. The molecule has 0 saturated heterocycles. The quantitative estimate of drug-likeness (QED) is 0.384. The van der Waals surface area contributed by atoms with E-state index >= 15 is 0 Å². The van der Waals surface area contributed by atoms with Crippen molar-refractivity contribution < 1.29 is 18.7 Å². The first-order valence-electron chi connectivity index (χ1n) is 11.7. The number of pyridine rings is 1. The van der Waals surface area contributed by atoms with E-state index in [-0.39, 0.29) is 23.9 Å². The van der Waals surface area contributed by atoms with Crippen molar-refractivity contribution in [2.24, 2.45) is 0 Å². The normalized spacial score (nSPS) is 17.0. The minimum atomic E-state index is -0.347. The fraction of sp³-hybridized carbons (Fsp3) is 0.172. The van der Waals surface area contributed by atoms with Gasteiger partial charge < -0.3 is 20.5 Å². The Balaban J connectivity index is 1.21. The second-order valence-corrected chi connectivity index (χ2v) is 9.20. The van der Waals surface area contributed by atoms with Gasteiger partial charge in [0.1, 0.15) is 35.3 Å². The molecule has 3 heterocycles. The fourth-order valence-electron chi connectivity index (χ4n) is 5.12. The van der Waals surface area contributed by atoms with Crippen molar-refractivity contribution in [2.45, 2.75) is 32.6 Å². The molecular weight excluding hydrogens is 457 g/mol. The third-order valence-electron chi connectivity index (χ3n) is 6.84. The van der Waals surface area contributed by atoms with Crippen LogP contribution in [-0.4, -0.2) is 10.9 Å². The maximum Gasteiger partial charge on any atom is 0.251 e. The fourth-order valence-corrected chi connectivity index (χ4v) is 5.12. The Morgan fingerprint density at radius 3 is 2.44 bits per heavy atom. The number of nitrogen functional groups attached to an aromatic ring is 1. The van der Waals surface area contributed by atoms with Crippen LogP contribution in [0.2, 0.25) is 0 Å². The zero-order chi connectivity index (χ0) is 25.0. The molecule has 2 aliphatic heterocycles. The number of aryl methyl sites for hydroxylation is 2. The highest BCUT2D eigenvalue weighted by atomic mass is 19.1. The molecule has 4 aromatic rings. The van der Waals surface area contributed by atoms with Crippen LogP contribution in [0.1, 0.15) is 61.6 Å². The van der Waals surface area contributed by atoms with Gasteiger partial charge in [-0.1, -0.05) is 18.2 Å². The zero-order valence-electron chi connectivity index (χ0n) is 19.8. The molecule has 6 rings (SSSR count). The largest absolute Gasteiger partial charge is 0.457 e. The highest BCUT2D eigenvalue weighted by Crippen LogP contribution is 2.55. The van der Waals surface area contributed by atoms with E-state index in [4.69, 9.17) is 15.2 Å². The lowest BCUT2D eigenvalue weighted by Crippen LogP contribution is -2.24. The number of rotatable bonds is 5. The summed E-state index contributed by atoms with van der Waals surface area (Å²) in [6.45, 7) is 4.22. The van der Waals surface area contributed by atoms with E-state index in [0.29, 0.717) is 29.4 Å². The first kappa shape index (κ1) is 22.2. The molecular formula is C29H24FN3O3. The molecule has 2 bridgehead atoms. The Hall–Kier alpha value is -4.23. The number of amides is 1. The smallest absolute Gasteiger partial charge is 0.251 e. The van der Waals surface area contributed by atoms with Crippen LogP contribution in [0.5, 0.6) is 11.5 Å². The minimum Gasteiger partial charge on any atom is -0.457 e. The lowest BCUT2D eigenvalue weighted by molar-refractivity contribution is 0.0857. The van der Waals surface area contributed by atoms with Gasteiger partial charge in [0, 0.05) is 23.9 Å². The van der Waals surface area contributed by atoms with Gasteiger partial charge in [0.25, 0.3) is 5.91 Å². The van der Waals surface area contributed by atoms with Crippen molar-refractivity contribution in [3.63, 3.8) is 0 Å². The van der Waals surface area contributed by atoms with Crippen LogP contribution in [0.3, 0.4) is 0 Å². The summed E-state index contributed by atoms with van der Waals surface area (Å²) < 4.78 is 25.6. The maximum atomic E-state index is 13.5. The monoisotopic (exact) mass is 481 g/mol. The molecule has 0 radical (unpaired) electrons. The second kappa shape index (κ2) is 8.46. The number of nitrogens with two attached hydrogens (primary N) is 1. The first-order chi connectivity index (χ1) is 17.4. The van der Waals surface area contributed by atoms with Gasteiger partial charge >= 0.3 is 0 Å². The summed E-state index contributed by atoms with van der Waals surface area (Å²) in [6, 6.07) is 19.3. The summed E-state index contributed by atoms with van der Waals surface area (Å²) >= 11 is 0. The minimum absolute atomic E-state index is 0.157. The molecule has 3 N–H and O–H groups in total. The summed E-state index contributed by atoms with van der Waals surface area (Å²) in [5.74, 6) is 1.03. The number of halogens is 1. The van der Waals surface area contributed by atoms with E-state index < -0.39 is 0 Å². The molecule has 7 heteroatoms. The van der Waals surface area contributed by atoms with E-state index in [1.54, 1.807) is 12.1 Å². The number of carbonyl (C=O) groups excluding carboxylic acids is 1. The SMILES string of the molecule is Cc1cc(N)nc(C)c1CNC(=O)c1ccc2c(c1)C1OC2c2cc(Oc3cccc(F)c3)ccc21. The number of hydrogen-bond donors (Lipinski definition) is 2. The number of nitrogens with zero attached hydrogens (tertiary/aromatic N) is 1. The van der Waals surface area contributed by atoms with Crippen LogP contribution in [0.15, 0.2) is 66.7 Å². The van der Waals surface area contributed by atoms with Crippen LogP contribution >= 0.6 is 0 Å². The summed E-state index contributed by atoms with van der Waals surface area (Å²) in [6.07, 6.45) is -0.457. The van der Waals surface area contributed by atoms with Crippen molar-refractivity contribution in [1.29, 1.82) is 0 Å². The molecule has 0 aliphatic carbocycles. The lowest BCUT2D eigenvalue weighted by atomic mass is 9.85. The van der Waals surface area contributed by atoms with Crippen LogP contribution in [0.4, 0.5) is 10.2 Å². The van der Waals surface area contributed by atoms with Crippen LogP contribution < -0.4 is 15.8 Å². The summed E-state index contributed by atoms with van der Waals surface area (Å²) in [5, 5.41) is 3.00. The second-order valence-electron chi connectivity index (χ2n) is 9.20. The number of carbonyl (C=O) groups is 1. The van der Waals surface area contributed by atoms with Crippen LogP contribution in [0, 0.1) is 19.7 Å². The summed E-state index contributed by atoms with van der Waals surface area (Å²) in [7, 11) is 0. The van der Waals surface area contributed by atoms with Crippen molar-refractivity contribution in [1.82, 2.24) is 10.3 Å². The predicted octanol–water partition coefficient (Wildman–Crippen LogP) is 5.66. The molecule has 0 spiro atoms. The van der Waals surface area contributed by atoms with Crippen molar-refractivity contribution in [3.8, 4) is 11.5 Å². The van der Waals surface area contributed by atoms with E-state index in [1.165, 1.54) is 12.1 Å². The molecule has 2 unspecified atom stereocenters. The van der Waals surface area contributed by atoms with Crippen molar-refractivity contribution in [2.75, 3.05) is 5.73 Å². The highest BCUT2D eigenvalue weighted by Gasteiger charge is 2.43. The Labute approximate surface area is 207 Å². The number of benzene rings is 3. The van der Waals surface area contributed by atoms with E-state index in [0.717, 1.165) is 39.1 Å².